The van der Waals surface area contributed by atoms with E-state index >= 15 is 0 Å². The van der Waals surface area contributed by atoms with Crippen LogP contribution in [0.1, 0.15) is 5.82 Å². The van der Waals surface area contributed by atoms with Crippen molar-refractivity contribution in [3.63, 3.8) is 0 Å². The third kappa shape index (κ3) is 1.65. The van der Waals surface area contributed by atoms with Crippen LogP contribution in [-0.2, 0) is 6.18 Å². The number of imidazole rings is 1. The highest BCUT2D eigenvalue weighted by Gasteiger charge is 2.34. The summed E-state index contributed by atoms with van der Waals surface area (Å²) in [6, 6.07) is 3.51. The Morgan fingerprint density at radius 3 is 2.64 bits per heavy atom. The van der Waals surface area contributed by atoms with E-state index in [9.17, 15) is 13.2 Å². The van der Waals surface area contributed by atoms with Gasteiger partial charge in [0.05, 0.1) is 16.8 Å². The summed E-state index contributed by atoms with van der Waals surface area (Å²) in [6.45, 7) is 0. The third-order valence-corrected chi connectivity index (χ3v) is 2.53. The molecule has 2 nitrogen and oxygen atoms in total. The Bertz CT molecular complexity index is 416. The number of hydrogen-bond donors (Lipinski definition) is 1. The monoisotopic (exact) mass is 218 g/mol. The summed E-state index contributed by atoms with van der Waals surface area (Å²) in [5.74, 6) is -0.958. The number of halogens is 3. The Balaban J connectivity index is 2.36. The molecule has 0 aromatic carbocycles. The highest BCUT2D eigenvalue weighted by atomic mass is 32.1. The van der Waals surface area contributed by atoms with Crippen LogP contribution in [0.25, 0.3) is 10.6 Å². The molecular formula is C8H5F3N2S. The SMILES string of the molecule is FC(F)(F)c1ncc(-c2cccs2)[nH]1. The third-order valence-electron chi connectivity index (χ3n) is 1.63. The number of nitrogens with zero attached hydrogens (tertiary/aromatic N) is 1. The molecule has 2 heterocycles. The summed E-state index contributed by atoms with van der Waals surface area (Å²) < 4.78 is 36.5. The van der Waals surface area contributed by atoms with Crippen molar-refractivity contribution in [2.24, 2.45) is 0 Å². The van der Waals surface area contributed by atoms with Crippen molar-refractivity contribution < 1.29 is 13.2 Å². The average molecular weight is 218 g/mol. The van der Waals surface area contributed by atoms with Crippen molar-refractivity contribution in [2.45, 2.75) is 6.18 Å². The van der Waals surface area contributed by atoms with Gasteiger partial charge in [0.25, 0.3) is 0 Å². The van der Waals surface area contributed by atoms with Gasteiger partial charge in [0.1, 0.15) is 0 Å². The maximum Gasteiger partial charge on any atom is 0.449 e. The van der Waals surface area contributed by atoms with Crippen LogP contribution in [0.15, 0.2) is 23.7 Å². The molecule has 0 saturated carbocycles. The Kier molecular flexibility index (Phi) is 2.07. The summed E-state index contributed by atoms with van der Waals surface area (Å²) in [5.41, 5.74) is 0.396. The van der Waals surface area contributed by atoms with Crippen molar-refractivity contribution in [2.75, 3.05) is 0 Å². The Morgan fingerprint density at radius 2 is 2.14 bits per heavy atom. The molecule has 0 bridgehead atoms. The van der Waals surface area contributed by atoms with Crippen LogP contribution in [0.2, 0.25) is 0 Å². The number of thiophene rings is 1. The molecule has 0 unspecified atom stereocenters. The van der Waals surface area contributed by atoms with Gasteiger partial charge in [0.2, 0.25) is 5.82 Å². The summed E-state index contributed by atoms with van der Waals surface area (Å²) in [5, 5.41) is 1.80. The number of aromatic amines is 1. The molecule has 2 aromatic rings. The first-order valence-electron chi connectivity index (χ1n) is 3.73. The van der Waals surface area contributed by atoms with Gasteiger partial charge in [-0.05, 0) is 11.4 Å². The second-order valence-corrected chi connectivity index (χ2v) is 3.57. The quantitative estimate of drug-likeness (QED) is 0.782. The Hall–Kier alpha value is -1.30. The fraction of sp³-hybridized carbons (Fsp3) is 0.125. The predicted molar refractivity (Wildman–Crippen MR) is 46.9 cm³/mol. The van der Waals surface area contributed by atoms with E-state index in [1.165, 1.54) is 17.5 Å². The van der Waals surface area contributed by atoms with E-state index in [0.29, 0.717) is 5.69 Å². The topological polar surface area (TPSA) is 28.7 Å². The van der Waals surface area contributed by atoms with Crippen LogP contribution in [0, 0.1) is 0 Å². The second-order valence-electron chi connectivity index (χ2n) is 2.62. The molecule has 0 aliphatic heterocycles. The molecule has 1 N–H and O–H groups in total. The largest absolute Gasteiger partial charge is 0.449 e. The summed E-state index contributed by atoms with van der Waals surface area (Å²) >= 11 is 1.36. The normalized spacial score (nSPS) is 11.9. The molecule has 0 saturated heterocycles. The fourth-order valence-corrected chi connectivity index (χ4v) is 1.71. The molecule has 2 rings (SSSR count). The van der Waals surface area contributed by atoms with Gasteiger partial charge in [0.15, 0.2) is 0 Å². The molecule has 0 aliphatic carbocycles. The number of H-pyrrole nitrogens is 1. The smallest absolute Gasteiger partial charge is 0.334 e. The number of rotatable bonds is 1. The minimum Gasteiger partial charge on any atom is -0.334 e. The predicted octanol–water partition coefficient (Wildman–Crippen LogP) is 3.16. The van der Waals surface area contributed by atoms with Gasteiger partial charge in [-0.2, -0.15) is 13.2 Å². The fourth-order valence-electron chi connectivity index (χ4n) is 1.02. The zero-order chi connectivity index (χ0) is 10.2. The number of nitrogens with one attached hydrogen (secondary N) is 1. The van der Waals surface area contributed by atoms with Gasteiger partial charge < -0.3 is 4.98 Å². The van der Waals surface area contributed by atoms with Crippen LogP contribution in [0.4, 0.5) is 13.2 Å². The van der Waals surface area contributed by atoms with E-state index < -0.39 is 12.0 Å². The molecule has 0 amide bonds. The molecule has 14 heavy (non-hydrogen) atoms. The van der Waals surface area contributed by atoms with Crippen molar-refractivity contribution in [3.8, 4) is 10.6 Å². The lowest BCUT2D eigenvalue weighted by atomic mass is 10.4. The maximum atomic E-state index is 12.2. The lowest BCUT2D eigenvalue weighted by Crippen LogP contribution is -2.06. The molecule has 0 fully saturated rings. The number of hydrogen-bond acceptors (Lipinski definition) is 2. The standard InChI is InChI=1S/C8H5F3N2S/c9-8(10,11)7-12-4-5(13-7)6-2-1-3-14-6/h1-4H,(H,12,13). The van der Waals surface area contributed by atoms with Crippen molar-refractivity contribution in [1.82, 2.24) is 9.97 Å². The van der Waals surface area contributed by atoms with Gasteiger partial charge in [-0.3, -0.25) is 0 Å². The van der Waals surface area contributed by atoms with E-state index in [0.717, 1.165) is 4.88 Å². The van der Waals surface area contributed by atoms with Crippen LogP contribution < -0.4 is 0 Å². The lowest BCUT2D eigenvalue weighted by molar-refractivity contribution is -0.144. The first-order chi connectivity index (χ1) is 6.57. The zero-order valence-electron chi connectivity index (χ0n) is 6.80. The highest BCUT2D eigenvalue weighted by molar-refractivity contribution is 7.13. The molecule has 0 spiro atoms. The number of alkyl halides is 3. The molecule has 2 aromatic heterocycles. The van der Waals surface area contributed by atoms with E-state index in [4.69, 9.17) is 0 Å². The first-order valence-corrected chi connectivity index (χ1v) is 4.61. The number of aromatic nitrogens is 2. The van der Waals surface area contributed by atoms with E-state index in [-0.39, 0.29) is 0 Å². The van der Waals surface area contributed by atoms with E-state index in [2.05, 4.69) is 9.97 Å². The highest BCUT2D eigenvalue weighted by Crippen LogP contribution is 2.29. The van der Waals surface area contributed by atoms with Gasteiger partial charge in [-0.1, -0.05) is 6.07 Å². The van der Waals surface area contributed by atoms with E-state index in [1.807, 2.05) is 0 Å². The zero-order valence-corrected chi connectivity index (χ0v) is 7.62. The minimum atomic E-state index is -4.41. The van der Waals surface area contributed by atoms with Gasteiger partial charge in [-0.25, -0.2) is 4.98 Å². The van der Waals surface area contributed by atoms with Crippen molar-refractivity contribution in [3.05, 3.63) is 29.5 Å². The summed E-state index contributed by atoms with van der Waals surface area (Å²) in [4.78, 5) is 6.24. The van der Waals surface area contributed by atoms with Gasteiger partial charge in [-0.15, -0.1) is 11.3 Å². The molecule has 74 valence electrons. The Labute approximate surface area is 81.4 Å². The van der Waals surface area contributed by atoms with Crippen molar-refractivity contribution >= 4 is 11.3 Å². The average Bonchev–Trinajstić information content (AvgIpc) is 2.73. The van der Waals surface area contributed by atoms with Crippen LogP contribution in [0.5, 0.6) is 0 Å². The minimum absolute atomic E-state index is 0.396. The molecular weight excluding hydrogens is 213 g/mol. The molecule has 6 heteroatoms. The van der Waals surface area contributed by atoms with Crippen molar-refractivity contribution in [1.29, 1.82) is 0 Å². The van der Waals surface area contributed by atoms with Gasteiger partial charge in [0, 0.05) is 0 Å². The molecule has 0 aliphatic rings. The van der Waals surface area contributed by atoms with Gasteiger partial charge >= 0.3 is 6.18 Å². The van der Waals surface area contributed by atoms with E-state index in [1.54, 1.807) is 17.5 Å². The Morgan fingerprint density at radius 1 is 1.36 bits per heavy atom. The molecule has 0 radical (unpaired) electrons. The van der Waals surface area contributed by atoms with Crippen LogP contribution in [-0.4, -0.2) is 9.97 Å². The summed E-state index contributed by atoms with van der Waals surface area (Å²) in [6.07, 6.45) is -3.22. The second kappa shape index (κ2) is 3.13. The molecule has 0 atom stereocenters. The van der Waals surface area contributed by atoms with Crippen LogP contribution >= 0.6 is 11.3 Å². The summed E-state index contributed by atoms with van der Waals surface area (Å²) in [7, 11) is 0. The lowest BCUT2D eigenvalue weighted by Gasteiger charge is -1.99. The first kappa shape index (κ1) is 9.26. The maximum absolute atomic E-state index is 12.2. The van der Waals surface area contributed by atoms with Crippen LogP contribution in [0.3, 0.4) is 0 Å².